The molecular weight excluding hydrogens is 200 g/mol. The molecule has 0 unspecified atom stereocenters. The zero-order valence-corrected chi connectivity index (χ0v) is 9.43. The van der Waals surface area contributed by atoms with Gasteiger partial charge in [-0.05, 0) is 26.5 Å². The number of nitrogens with one attached hydrogen (secondary N) is 1. The lowest BCUT2D eigenvalue weighted by molar-refractivity contribution is 0.232. The van der Waals surface area contributed by atoms with Crippen molar-refractivity contribution in [1.82, 2.24) is 10.3 Å². The second-order valence-electron chi connectivity index (χ2n) is 3.31. The minimum atomic E-state index is 0.131. The molecule has 0 fully saturated rings. The molecule has 0 aliphatic rings. The van der Waals surface area contributed by atoms with Crippen LogP contribution in [0.1, 0.15) is 19.4 Å². The molecule has 1 N–H and O–H groups in total. The molecule has 1 aromatic rings. The Balaban J connectivity index is 2.83. The van der Waals surface area contributed by atoms with Gasteiger partial charge in [0.2, 0.25) is 5.88 Å². The van der Waals surface area contributed by atoms with Crippen LogP contribution in [0.5, 0.6) is 5.88 Å². The minimum Gasteiger partial charge on any atom is -0.475 e. The van der Waals surface area contributed by atoms with Crippen LogP contribution < -0.4 is 10.1 Å². The molecular formula is C10H15ClN2O. The molecule has 0 aliphatic heterocycles. The molecule has 0 bridgehead atoms. The summed E-state index contributed by atoms with van der Waals surface area (Å²) in [5, 5.41) is 3.70. The molecule has 0 saturated carbocycles. The van der Waals surface area contributed by atoms with Gasteiger partial charge in [-0.1, -0.05) is 11.6 Å². The average Bonchev–Trinajstić information content (AvgIpc) is 2.10. The van der Waals surface area contributed by atoms with Gasteiger partial charge in [-0.3, -0.25) is 0 Å². The third-order valence-corrected chi connectivity index (χ3v) is 1.97. The topological polar surface area (TPSA) is 34.1 Å². The quantitative estimate of drug-likeness (QED) is 0.835. The number of ether oxygens (including phenoxy) is 1. The van der Waals surface area contributed by atoms with Crippen LogP contribution >= 0.6 is 11.6 Å². The Morgan fingerprint density at radius 1 is 1.57 bits per heavy atom. The van der Waals surface area contributed by atoms with Gasteiger partial charge < -0.3 is 10.1 Å². The maximum absolute atomic E-state index is 5.95. The highest BCUT2D eigenvalue weighted by Crippen LogP contribution is 2.19. The van der Waals surface area contributed by atoms with Crippen LogP contribution in [-0.4, -0.2) is 18.1 Å². The summed E-state index contributed by atoms with van der Waals surface area (Å²) in [5.74, 6) is 0.620. The van der Waals surface area contributed by atoms with Crippen molar-refractivity contribution in [1.29, 1.82) is 0 Å². The Kier molecular flexibility index (Phi) is 4.17. The van der Waals surface area contributed by atoms with Gasteiger partial charge in [0.05, 0.1) is 11.1 Å². The predicted molar refractivity (Wildman–Crippen MR) is 57.8 cm³/mol. The van der Waals surface area contributed by atoms with E-state index in [4.69, 9.17) is 16.3 Å². The third-order valence-electron chi connectivity index (χ3n) is 1.63. The molecule has 0 atom stereocenters. The Bertz CT molecular complexity index is 302. The summed E-state index contributed by atoms with van der Waals surface area (Å²) in [5.41, 5.74) is 1.000. The van der Waals surface area contributed by atoms with E-state index in [9.17, 15) is 0 Å². The first kappa shape index (κ1) is 11.3. The predicted octanol–water partition coefficient (Wildman–Crippen LogP) is 2.24. The molecule has 0 saturated heterocycles. The van der Waals surface area contributed by atoms with Crippen LogP contribution in [0.2, 0.25) is 5.02 Å². The molecule has 0 spiro atoms. The summed E-state index contributed by atoms with van der Waals surface area (Å²) in [6, 6.07) is 1.86. The maximum atomic E-state index is 5.95. The highest BCUT2D eigenvalue weighted by atomic mass is 35.5. The second kappa shape index (κ2) is 5.17. The zero-order chi connectivity index (χ0) is 10.6. The van der Waals surface area contributed by atoms with E-state index in [-0.39, 0.29) is 6.10 Å². The van der Waals surface area contributed by atoms with Gasteiger partial charge in [0.15, 0.2) is 0 Å². The van der Waals surface area contributed by atoms with Gasteiger partial charge in [-0.15, -0.1) is 0 Å². The molecule has 3 nitrogen and oxygen atoms in total. The fourth-order valence-electron chi connectivity index (χ4n) is 1.09. The van der Waals surface area contributed by atoms with E-state index in [0.717, 1.165) is 12.1 Å². The van der Waals surface area contributed by atoms with E-state index in [0.29, 0.717) is 10.9 Å². The van der Waals surface area contributed by atoms with Crippen LogP contribution in [0, 0.1) is 0 Å². The summed E-state index contributed by atoms with van der Waals surface area (Å²) < 4.78 is 5.46. The Morgan fingerprint density at radius 3 is 2.86 bits per heavy atom. The van der Waals surface area contributed by atoms with Crippen LogP contribution in [0.15, 0.2) is 12.3 Å². The molecule has 1 rings (SSSR count). The van der Waals surface area contributed by atoms with Crippen molar-refractivity contribution in [2.24, 2.45) is 0 Å². The van der Waals surface area contributed by atoms with Crippen molar-refractivity contribution in [2.75, 3.05) is 7.05 Å². The molecule has 14 heavy (non-hydrogen) atoms. The van der Waals surface area contributed by atoms with Crippen LogP contribution in [-0.2, 0) is 6.54 Å². The van der Waals surface area contributed by atoms with E-state index in [1.807, 2.05) is 27.0 Å². The van der Waals surface area contributed by atoms with Crippen molar-refractivity contribution in [3.8, 4) is 5.88 Å². The van der Waals surface area contributed by atoms with Crippen molar-refractivity contribution in [2.45, 2.75) is 26.5 Å². The van der Waals surface area contributed by atoms with Gasteiger partial charge in [-0.25, -0.2) is 4.98 Å². The summed E-state index contributed by atoms with van der Waals surface area (Å²) in [4.78, 5) is 4.08. The van der Waals surface area contributed by atoms with E-state index < -0.39 is 0 Å². The minimum absolute atomic E-state index is 0.131. The standard InChI is InChI=1S/C10H15ClN2O/c1-7(2)14-10-4-8(5-12-3)9(11)6-13-10/h4,6-7,12H,5H2,1-3H3. The molecule has 0 aromatic carbocycles. The SMILES string of the molecule is CNCc1cc(OC(C)C)ncc1Cl. The van der Waals surface area contributed by atoms with Crippen molar-refractivity contribution in [3.05, 3.63) is 22.8 Å². The van der Waals surface area contributed by atoms with Gasteiger partial charge in [0, 0.05) is 18.8 Å². The van der Waals surface area contributed by atoms with Gasteiger partial charge in [-0.2, -0.15) is 0 Å². The molecule has 1 heterocycles. The Hall–Kier alpha value is -0.800. The number of nitrogens with zero attached hydrogens (tertiary/aromatic N) is 1. The summed E-state index contributed by atoms with van der Waals surface area (Å²) in [6.07, 6.45) is 1.75. The normalized spacial score (nSPS) is 10.6. The molecule has 0 radical (unpaired) electrons. The number of rotatable bonds is 4. The first-order valence-corrected chi connectivity index (χ1v) is 4.97. The Labute approximate surface area is 89.4 Å². The number of hydrogen-bond donors (Lipinski definition) is 1. The largest absolute Gasteiger partial charge is 0.475 e. The fourth-order valence-corrected chi connectivity index (χ4v) is 1.26. The van der Waals surface area contributed by atoms with Gasteiger partial charge in [0.25, 0.3) is 0 Å². The second-order valence-corrected chi connectivity index (χ2v) is 3.72. The summed E-state index contributed by atoms with van der Waals surface area (Å²) in [7, 11) is 1.87. The van der Waals surface area contributed by atoms with E-state index >= 15 is 0 Å². The lowest BCUT2D eigenvalue weighted by Gasteiger charge is -2.10. The smallest absolute Gasteiger partial charge is 0.213 e. The highest BCUT2D eigenvalue weighted by Gasteiger charge is 2.04. The maximum Gasteiger partial charge on any atom is 0.213 e. The number of aromatic nitrogens is 1. The molecule has 78 valence electrons. The highest BCUT2D eigenvalue weighted by molar-refractivity contribution is 6.31. The van der Waals surface area contributed by atoms with Crippen LogP contribution in [0.4, 0.5) is 0 Å². The third kappa shape index (κ3) is 3.16. The van der Waals surface area contributed by atoms with E-state index in [1.54, 1.807) is 6.20 Å². The van der Waals surface area contributed by atoms with Crippen molar-refractivity contribution < 1.29 is 4.74 Å². The van der Waals surface area contributed by atoms with Gasteiger partial charge in [0.1, 0.15) is 0 Å². The lowest BCUT2D eigenvalue weighted by Crippen LogP contribution is -2.09. The van der Waals surface area contributed by atoms with E-state index in [2.05, 4.69) is 10.3 Å². The fraction of sp³-hybridized carbons (Fsp3) is 0.500. The monoisotopic (exact) mass is 214 g/mol. The first-order chi connectivity index (χ1) is 6.63. The average molecular weight is 215 g/mol. The molecule has 1 aromatic heterocycles. The molecule has 0 amide bonds. The zero-order valence-electron chi connectivity index (χ0n) is 8.67. The van der Waals surface area contributed by atoms with E-state index in [1.165, 1.54) is 0 Å². The number of hydrogen-bond acceptors (Lipinski definition) is 3. The van der Waals surface area contributed by atoms with Gasteiger partial charge >= 0.3 is 0 Å². The number of pyridine rings is 1. The van der Waals surface area contributed by atoms with Crippen LogP contribution in [0.3, 0.4) is 0 Å². The Morgan fingerprint density at radius 2 is 2.29 bits per heavy atom. The molecule has 4 heteroatoms. The lowest BCUT2D eigenvalue weighted by atomic mass is 10.2. The molecule has 0 aliphatic carbocycles. The first-order valence-electron chi connectivity index (χ1n) is 4.59. The number of halogens is 1. The summed E-state index contributed by atoms with van der Waals surface area (Å²) in [6.45, 7) is 4.65. The van der Waals surface area contributed by atoms with Crippen molar-refractivity contribution in [3.63, 3.8) is 0 Å². The summed E-state index contributed by atoms with van der Waals surface area (Å²) >= 11 is 5.95. The van der Waals surface area contributed by atoms with Crippen LogP contribution in [0.25, 0.3) is 0 Å². The van der Waals surface area contributed by atoms with Crippen molar-refractivity contribution >= 4 is 11.6 Å².